The first-order valence-electron chi connectivity index (χ1n) is 7.79. The molecule has 0 atom stereocenters. The largest absolute Gasteiger partial charge is 0.457 e. The number of nitrogens with zero attached hydrogens (tertiary/aromatic N) is 2. The monoisotopic (exact) mass is 341 g/mol. The number of fused-ring (bicyclic) bond motifs is 2. The summed E-state index contributed by atoms with van der Waals surface area (Å²) in [5.74, 6) is 0.636. The highest BCUT2D eigenvalue weighted by Gasteiger charge is 2.37. The van der Waals surface area contributed by atoms with Crippen LogP contribution < -0.4 is 10.2 Å². The summed E-state index contributed by atoms with van der Waals surface area (Å²) in [5.41, 5.74) is 4.07. The molecule has 1 aliphatic rings. The summed E-state index contributed by atoms with van der Waals surface area (Å²) in [6, 6.07) is 13.5. The molecular formula is C18H19N3O4. The van der Waals surface area contributed by atoms with E-state index in [9.17, 15) is 9.59 Å². The molecule has 7 nitrogen and oxygen atoms in total. The number of hydroxylamine groups is 2. The maximum Gasteiger partial charge on any atom is 0.366 e. The van der Waals surface area contributed by atoms with E-state index in [-0.39, 0.29) is 0 Å². The van der Waals surface area contributed by atoms with Gasteiger partial charge in [-0.3, -0.25) is 10.2 Å². The molecule has 0 aliphatic carbocycles. The minimum atomic E-state index is -0.620. The van der Waals surface area contributed by atoms with Crippen molar-refractivity contribution in [3.63, 3.8) is 0 Å². The van der Waals surface area contributed by atoms with Crippen molar-refractivity contribution in [2.45, 2.75) is 13.0 Å². The van der Waals surface area contributed by atoms with Gasteiger partial charge in [-0.15, -0.1) is 5.06 Å². The third-order valence-corrected chi connectivity index (χ3v) is 3.63. The molecule has 25 heavy (non-hydrogen) atoms. The first-order chi connectivity index (χ1) is 12.0. The number of rotatable bonds is 2. The van der Waals surface area contributed by atoms with Crippen molar-refractivity contribution in [2.24, 2.45) is 0 Å². The van der Waals surface area contributed by atoms with Gasteiger partial charge in [-0.2, -0.15) is 0 Å². The van der Waals surface area contributed by atoms with Gasteiger partial charge >= 0.3 is 12.0 Å². The van der Waals surface area contributed by atoms with E-state index in [1.54, 1.807) is 14.1 Å². The van der Waals surface area contributed by atoms with Crippen molar-refractivity contribution in [3.8, 4) is 11.5 Å². The molecule has 7 heteroatoms. The van der Waals surface area contributed by atoms with Crippen LogP contribution in [-0.2, 0) is 9.63 Å². The van der Waals surface area contributed by atoms with E-state index in [1.807, 2.05) is 48.5 Å². The Morgan fingerprint density at radius 1 is 1.00 bits per heavy atom. The zero-order valence-electron chi connectivity index (χ0n) is 14.2. The zero-order valence-corrected chi connectivity index (χ0v) is 14.2. The van der Waals surface area contributed by atoms with Gasteiger partial charge in [0.1, 0.15) is 17.5 Å². The fourth-order valence-electron chi connectivity index (χ4n) is 2.73. The van der Waals surface area contributed by atoms with Crippen molar-refractivity contribution in [3.05, 3.63) is 59.7 Å². The Bertz CT molecular complexity index is 761. The quantitative estimate of drug-likeness (QED) is 0.851. The molecule has 1 aliphatic heterocycles. The van der Waals surface area contributed by atoms with Crippen LogP contribution in [0.4, 0.5) is 4.79 Å². The van der Waals surface area contributed by atoms with Gasteiger partial charge in [-0.25, -0.2) is 9.80 Å². The highest BCUT2D eigenvalue weighted by atomic mass is 16.7. The van der Waals surface area contributed by atoms with Crippen LogP contribution in [0.25, 0.3) is 0 Å². The van der Waals surface area contributed by atoms with Crippen LogP contribution in [0.1, 0.15) is 24.1 Å². The number of amides is 2. The van der Waals surface area contributed by atoms with Gasteiger partial charge in [0.05, 0.1) is 0 Å². The van der Waals surface area contributed by atoms with Crippen LogP contribution in [0.2, 0.25) is 0 Å². The number of hydrogen-bond acceptors (Lipinski definition) is 5. The van der Waals surface area contributed by atoms with Gasteiger partial charge in [0, 0.05) is 32.1 Å². The summed E-state index contributed by atoms with van der Waals surface area (Å²) in [4.78, 5) is 29.6. The van der Waals surface area contributed by atoms with Gasteiger partial charge in [0.25, 0.3) is 0 Å². The minimum absolute atomic E-state index is 0.559. The third-order valence-electron chi connectivity index (χ3n) is 3.63. The Balaban J connectivity index is 2.11. The molecule has 1 heterocycles. The zero-order chi connectivity index (χ0) is 18.0. The minimum Gasteiger partial charge on any atom is -0.457 e. The topological polar surface area (TPSA) is 71.1 Å². The number of carbonyl (C=O) groups excluding carboxylic acids is 2. The van der Waals surface area contributed by atoms with Crippen LogP contribution in [0.15, 0.2) is 48.5 Å². The van der Waals surface area contributed by atoms with Gasteiger partial charge in [-0.05, 0) is 12.1 Å². The molecule has 2 amide bonds. The first kappa shape index (κ1) is 16.8. The molecule has 1 N–H and O–H groups in total. The summed E-state index contributed by atoms with van der Waals surface area (Å²) in [6.07, 6.45) is 0. The van der Waals surface area contributed by atoms with E-state index in [4.69, 9.17) is 9.57 Å². The maximum absolute atomic E-state index is 12.7. The molecule has 130 valence electrons. The Morgan fingerprint density at radius 2 is 1.52 bits per heavy atom. The van der Waals surface area contributed by atoms with E-state index in [0.717, 1.165) is 16.2 Å². The molecule has 0 radical (unpaired) electrons. The van der Waals surface area contributed by atoms with E-state index >= 15 is 0 Å². The van der Waals surface area contributed by atoms with Crippen LogP contribution in [-0.4, -0.2) is 36.2 Å². The lowest BCUT2D eigenvalue weighted by Gasteiger charge is -2.35. The predicted molar refractivity (Wildman–Crippen MR) is 90.6 cm³/mol. The molecule has 0 unspecified atom stereocenters. The molecule has 2 aromatic carbocycles. The third kappa shape index (κ3) is 3.41. The number of hydrogen-bond donors (Lipinski definition) is 1. The fourth-order valence-corrected chi connectivity index (χ4v) is 2.73. The number of nitrogens with one attached hydrogen (secondary N) is 1. The summed E-state index contributed by atoms with van der Waals surface area (Å²) >= 11 is 0. The first-order valence-corrected chi connectivity index (χ1v) is 7.79. The van der Waals surface area contributed by atoms with Gasteiger partial charge in [0.15, 0.2) is 0 Å². The molecule has 0 fully saturated rings. The van der Waals surface area contributed by atoms with Crippen molar-refractivity contribution in [1.82, 2.24) is 15.5 Å². The number of hydrazine groups is 1. The van der Waals surface area contributed by atoms with Crippen molar-refractivity contribution < 1.29 is 19.2 Å². The van der Waals surface area contributed by atoms with Gasteiger partial charge in [0.2, 0.25) is 0 Å². The number of ether oxygens (including phenoxy) is 1. The second-order valence-corrected chi connectivity index (χ2v) is 5.80. The van der Waals surface area contributed by atoms with Gasteiger partial charge in [-0.1, -0.05) is 36.4 Å². The summed E-state index contributed by atoms with van der Waals surface area (Å²) in [6.45, 7) is 1.26. The lowest BCUT2D eigenvalue weighted by atomic mass is 9.94. The van der Waals surface area contributed by atoms with E-state index in [0.29, 0.717) is 11.5 Å². The number of para-hydroxylation sites is 2. The number of carbonyl (C=O) groups is 2. The lowest BCUT2D eigenvalue weighted by molar-refractivity contribution is -0.181. The van der Waals surface area contributed by atoms with E-state index in [2.05, 4.69) is 5.43 Å². The van der Waals surface area contributed by atoms with Crippen LogP contribution in [0, 0.1) is 0 Å². The van der Waals surface area contributed by atoms with Crippen LogP contribution in [0.3, 0.4) is 0 Å². The lowest BCUT2D eigenvalue weighted by Crippen LogP contribution is -2.48. The molecule has 2 aromatic rings. The molecule has 0 saturated carbocycles. The van der Waals surface area contributed by atoms with Crippen LogP contribution >= 0.6 is 0 Å². The Hall–Kier alpha value is -3.06. The standard InChI is InChI=1S/C18H19N3O4/c1-12(22)25-21(18(23)19-20(2)3)17-13-8-4-6-10-15(13)24-16-11-7-5-9-14(16)17/h4-11,17H,1-3H3,(H,19,23). The highest BCUT2D eigenvalue weighted by Crippen LogP contribution is 2.45. The summed E-state index contributed by atoms with van der Waals surface area (Å²) in [7, 11) is 3.35. The van der Waals surface area contributed by atoms with E-state index in [1.165, 1.54) is 11.9 Å². The van der Waals surface area contributed by atoms with Gasteiger partial charge < -0.3 is 9.57 Å². The van der Waals surface area contributed by atoms with Crippen molar-refractivity contribution >= 4 is 12.0 Å². The average Bonchev–Trinajstić information content (AvgIpc) is 2.57. The molecular weight excluding hydrogens is 322 g/mol. The van der Waals surface area contributed by atoms with Crippen molar-refractivity contribution in [1.29, 1.82) is 0 Å². The predicted octanol–water partition coefficient (Wildman–Crippen LogP) is 2.85. The second kappa shape index (κ2) is 6.82. The normalized spacial score (nSPS) is 12.6. The average molecular weight is 341 g/mol. The SMILES string of the molecule is CC(=O)ON(C(=O)NN(C)C)C1c2ccccc2Oc2ccccc21. The summed E-state index contributed by atoms with van der Waals surface area (Å²) in [5, 5.41) is 2.53. The van der Waals surface area contributed by atoms with Crippen LogP contribution in [0.5, 0.6) is 11.5 Å². The molecule has 0 bridgehead atoms. The van der Waals surface area contributed by atoms with E-state index < -0.39 is 18.0 Å². The molecule has 0 aromatic heterocycles. The molecule has 0 saturated heterocycles. The smallest absolute Gasteiger partial charge is 0.366 e. The molecule has 0 spiro atoms. The number of urea groups is 1. The Morgan fingerprint density at radius 3 is 2.00 bits per heavy atom. The fraction of sp³-hybridized carbons (Fsp3) is 0.222. The van der Waals surface area contributed by atoms with Crippen molar-refractivity contribution in [2.75, 3.05) is 14.1 Å². The second-order valence-electron chi connectivity index (χ2n) is 5.80. The highest BCUT2D eigenvalue weighted by molar-refractivity contribution is 5.77. The summed E-state index contributed by atoms with van der Waals surface area (Å²) < 4.78 is 5.91. The molecule has 3 rings (SSSR count). The maximum atomic E-state index is 12.7. The Kier molecular flexibility index (Phi) is 4.58. The number of benzene rings is 2. The Labute approximate surface area is 145 Å².